The Labute approximate surface area is 137 Å². The molecule has 23 heavy (non-hydrogen) atoms. The quantitative estimate of drug-likeness (QED) is 0.856. The highest BCUT2D eigenvalue weighted by Gasteiger charge is 2.32. The molecule has 3 rings (SSSR count). The molecule has 2 aliphatic carbocycles. The lowest BCUT2D eigenvalue weighted by molar-refractivity contribution is -0.138. The Balaban J connectivity index is 1.72. The summed E-state index contributed by atoms with van der Waals surface area (Å²) in [6.45, 7) is 0.196. The van der Waals surface area contributed by atoms with Gasteiger partial charge in [-0.05, 0) is 25.7 Å². The topological polar surface area (TPSA) is 74.8 Å². The molecule has 124 valence electrons. The van der Waals surface area contributed by atoms with Crippen LogP contribution in [0.1, 0.15) is 70.0 Å². The Hall–Kier alpha value is -1.90. The molecule has 1 aromatic rings. The second-order valence-corrected chi connectivity index (χ2v) is 6.76. The minimum atomic E-state index is 0.125. The van der Waals surface area contributed by atoms with E-state index in [9.17, 15) is 4.79 Å². The van der Waals surface area contributed by atoms with Gasteiger partial charge < -0.3 is 4.90 Å². The number of amides is 1. The van der Waals surface area contributed by atoms with Gasteiger partial charge in [0.2, 0.25) is 5.91 Å². The summed E-state index contributed by atoms with van der Waals surface area (Å²) in [6.07, 6.45) is 13.5. The number of nitriles is 1. The van der Waals surface area contributed by atoms with Gasteiger partial charge in [0, 0.05) is 12.1 Å². The largest absolute Gasteiger partial charge is 0.335 e. The average Bonchev–Trinajstić information content (AvgIpc) is 3.04. The molecule has 1 aromatic heterocycles. The van der Waals surface area contributed by atoms with Gasteiger partial charge in [0.25, 0.3) is 5.82 Å². The van der Waals surface area contributed by atoms with Gasteiger partial charge in [-0.1, -0.05) is 38.5 Å². The van der Waals surface area contributed by atoms with Crippen LogP contribution in [-0.4, -0.2) is 37.7 Å². The number of carbonyl (C=O) groups excluding carboxylic acids is 1. The molecule has 2 fully saturated rings. The van der Waals surface area contributed by atoms with Crippen LogP contribution >= 0.6 is 0 Å². The SMILES string of the molecule is N#Cc1ncn(CC(=O)N(C2CCCCC2)C2CCCCC2)n1. The van der Waals surface area contributed by atoms with Crippen LogP contribution in [0.2, 0.25) is 0 Å². The molecule has 1 amide bonds. The van der Waals surface area contributed by atoms with Crippen molar-refractivity contribution in [2.75, 3.05) is 0 Å². The van der Waals surface area contributed by atoms with Gasteiger partial charge in [0.15, 0.2) is 0 Å². The lowest BCUT2D eigenvalue weighted by Gasteiger charge is -2.41. The fourth-order valence-corrected chi connectivity index (χ4v) is 4.07. The zero-order valence-electron chi connectivity index (χ0n) is 13.7. The van der Waals surface area contributed by atoms with Gasteiger partial charge in [-0.25, -0.2) is 9.67 Å². The standard InChI is InChI=1S/C17H25N5O/c18-11-16-19-13-21(20-16)12-17(23)22(14-7-3-1-4-8-14)15-9-5-2-6-10-15/h13-15H,1-10,12H2. The number of carbonyl (C=O) groups is 1. The fraction of sp³-hybridized carbons (Fsp3) is 0.765. The van der Waals surface area contributed by atoms with E-state index in [0.29, 0.717) is 12.1 Å². The van der Waals surface area contributed by atoms with Gasteiger partial charge in [-0.15, -0.1) is 5.10 Å². The number of nitrogens with zero attached hydrogens (tertiary/aromatic N) is 5. The third kappa shape index (κ3) is 3.90. The average molecular weight is 315 g/mol. The lowest BCUT2D eigenvalue weighted by atomic mass is 9.88. The molecule has 0 aliphatic heterocycles. The van der Waals surface area contributed by atoms with Crippen LogP contribution in [0, 0.1) is 11.3 Å². The van der Waals surface area contributed by atoms with E-state index in [1.54, 1.807) is 0 Å². The highest BCUT2D eigenvalue weighted by atomic mass is 16.2. The van der Waals surface area contributed by atoms with Crippen molar-refractivity contribution in [3.05, 3.63) is 12.2 Å². The molecule has 0 spiro atoms. The van der Waals surface area contributed by atoms with E-state index in [4.69, 9.17) is 5.26 Å². The van der Waals surface area contributed by atoms with Gasteiger partial charge in [-0.2, -0.15) is 5.26 Å². The fourth-order valence-electron chi connectivity index (χ4n) is 4.07. The molecule has 0 unspecified atom stereocenters. The first-order valence-corrected chi connectivity index (χ1v) is 8.88. The van der Waals surface area contributed by atoms with Crippen LogP contribution in [0.15, 0.2) is 6.33 Å². The molecule has 6 nitrogen and oxygen atoms in total. The summed E-state index contributed by atoms with van der Waals surface area (Å²) in [4.78, 5) is 19.0. The van der Waals surface area contributed by atoms with Crippen LogP contribution in [0.5, 0.6) is 0 Å². The van der Waals surface area contributed by atoms with E-state index >= 15 is 0 Å². The van der Waals surface area contributed by atoms with Crippen molar-refractivity contribution < 1.29 is 4.79 Å². The first-order chi connectivity index (χ1) is 11.3. The first-order valence-electron chi connectivity index (χ1n) is 8.88. The molecule has 0 bridgehead atoms. The summed E-state index contributed by atoms with van der Waals surface area (Å²) in [5, 5.41) is 12.9. The molecule has 1 heterocycles. The Bertz CT molecular complexity index is 546. The number of aromatic nitrogens is 3. The summed E-state index contributed by atoms with van der Waals surface area (Å²) in [5.41, 5.74) is 0. The van der Waals surface area contributed by atoms with E-state index < -0.39 is 0 Å². The maximum atomic E-state index is 13.0. The molecule has 2 aliphatic rings. The second kappa shape index (κ2) is 7.58. The van der Waals surface area contributed by atoms with Crippen molar-refractivity contribution in [1.29, 1.82) is 5.26 Å². The summed E-state index contributed by atoms with van der Waals surface area (Å²) >= 11 is 0. The molecule has 0 aromatic carbocycles. The van der Waals surface area contributed by atoms with Gasteiger partial charge in [0.1, 0.15) is 18.9 Å². The normalized spacial score (nSPS) is 20.1. The number of hydrogen-bond acceptors (Lipinski definition) is 4. The minimum absolute atomic E-state index is 0.125. The van der Waals surface area contributed by atoms with Gasteiger partial charge in [0.05, 0.1) is 0 Å². The maximum absolute atomic E-state index is 13.0. The summed E-state index contributed by atoms with van der Waals surface area (Å²) in [7, 11) is 0. The Morgan fingerprint density at radius 1 is 1.13 bits per heavy atom. The van der Waals surface area contributed by atoms with Crippen molar-refractivity contribution in [2.24, 2.45) is 0 Å². The minimum Gasteiger partial charge on any atom is -0.335 e. The highest BCUT2D eigenvalue weighted by Crippen LogP contribution is 2.30. The predicted molar refractivity (Wildman–Crippen MR) is 85.3 cm³/mol. The van der Waals surface area contributed by atoms with E-state index in [1.807, 2.05) is 6.07 Å². The Morgan fingerprint density at radius 3 is 2.17 bits per heavy atom. The van der Waals surface area contributed by atoms with E-state index in [-0.39, 0.29) is 18.3 Å². The molecule has 0 N–H and O–H groups in total. The molecule has 0 radical (unpaired) electrons. The second-order valence-electron chi connectivity index (χ2n) is 6.76. The van der Waals surface area contributed by atoms with E-state index in [1.165, 1.54) is 49.5 Å². The van der Waals surface area contributed by atoms with E-state index in [2.05, 4.69) is 15.0 Å². The molecular formula is C17H25N5O. The molecular weight excluding hydrogens is 290 g/mol. The molecule has 0 saturated heterocycles. The lowest BCUT2D eigenvalue weighted by Crippen LogP contribution is -2.50. The zero-order valence-corrected chi connectivity index (χ0v) is 13.7. The summed E-state index contributed by atoms with van der Waals surface area (Å²) in [5.74, 6) is 0.262. The molecule has 2 saturated carbocycles. The smallest absolute Gasteiger partial charge is 0.252 e. The van der Waals surface area contributed by atoms with Crippen LogP contribution in [-0.2, 0) is 11.3 Å². The summed E-state index contributed by atoms with van der Waals surface area (Å²) < 4.78 is 1.50. The molecule has 6 heteroatoms. The van der Waals surface area contributed by atoms with Crippen molar-refractivity contribution in [3.63, 3.8) is 0 Å². The van der Waals surface area contributed by atoms with Crippen LogP contribution < -0.4 is 0 Å². The third-order valence-corrected chi connectivity index (χ3v) is 5.16. The number of rotatable bonds is 4. The third-order valence-electron chi connectivity index (χ3n) is 5.16. The molecule has 0 atom stereocenters. The van der Waals surface area contributed by atoms with E-state index in [0.717, 1.165) is 25.7 Å². The predicted octanol–water partition coefficient (Wildman–Crippen LogP) is 2.64. The zero-order chi connectivity index (χ0) is 16.1. The van der Waals surface area contributed by atoms with Gasteiger partial charge in [-0.3, -0.25) is 4.79 Å². The first kappa shape index (κ1) is 16.0. The summed E-state index contributed by atoms with van der Waals surface area (Å²) in [6, 6.07) is 2.68. The Kier molecular flexibility index (Phi) is 5.27. The van der Waals surface area contributed by atoms with Crippen LogP contribution in [0.4, 0.5) is 0 Å². The monoisotopic (exact) mass is 315 g/mol. The maximum Gasteiger partial charge on any atom is 0.252 e. The Morgan fingerprint density at radius 2 is 1.70 bits per heavy atom. The van der Waals surface area contributed by atoms with Crippen molar-refractivity contribution >= 4 is 5.91 Å². The number of hydrogen-bond donors (Lipinski definition) is 0. The van der Waals surface area contributed by atoms with Crippen LogP contribution in [0.25, 0.3) is 0 Å². The van der Waals surface area contributed by atoms with Gasteiger partial charge >= 0.3 is 0 Å². The van der Waals surface area contributed by atoms with Crippen molar-refractivity contribution in [2.45, 2.75) is 82.8 Å². The van der Waals surface area contributed by atoms with Crippen molar-refractivity contribution in [3.8, 4) is 6.07 Å². The van der Waals surface area contributed by atoms with Crippen molar-refractivity contribution in [1.82, 2.24) is 19.7 Å². The highest BCUT2D eigenvalue weighted by molar-refractivity contribution is 5.76. The van der Waals surface area contributed by atoms with Crippen LogP contribution in [0.3, 0.4) is 0 Å².